The molecule has 3 aromatic heterocycles. The zero-order chi connectivity index (χ0) is 25.1. The first-order valence-electron chi connectivity index (χ1n) is 11.6. The van der Waals surface area contributed by atoms with E-state index in [-0.39, 0.29) is 5.91 Å². The zero-order valence-corrected chi connectivity index (χ0v) is 20.2. The van der Waals surface area contributed by atoms with Gasteiger partial charge >= 0.3 is 0 Å². The van der Waals surface area contributed by atoms with Crippen LogP contribution in [0.5, 0.6) is 5.75 Å². The summed E-state index contributed by atoms with van der Waals surface area (Å²) in [7, 11) is 3.70. The number of aromatic nitrogens is 4. The number of carbonyl (C=O) groups excluding carboxylic acids is 1. The highest BCUT2D eigenvalue weighted by atomic mass is 16.5. The van der Waals surface area contributed by atoms with Gasteiger partial charge in [0.2, 0.25) is 11.9 Å². The Bertz CT molecular complexity index is 1470. The summed E-state index contributed by atoms with van der Waals surface area (Å²) in [5.41, 5.74) is 5.96. The van der Waals surface area contributed by atoms with Crippen molar-refractivity contribution in [3.05, 3.63) is 79.3 Å². The van der Waals surface area contributed by atoms with Crippen LogP contribution in [-0.2, 0) is 4.79 Å². The Balaban J connectivity index is 1.52. The molecule has 0 spiro atoms. The van der Waals surface area contributed by atoms with Crippen molar-refractivity contribution < 1.29 is 9.53 Å². The largest absolute Gasteiger partial charge is 0.495 e. The molecule has 1 amide bonds. The van der Waals surface area contributed by atoms with Crippen molar-refractivity contribution in [1.82, 2.24) is 24.5 Å². The smallest absolute Gasteiger partial charge is 0.247 e. The van der Waals surface area contributed by atoms with Gasteiger partial charge in [0.25, 0.3) is 0 Å². The molecule has 1 aliphatic heterocycles. The van der Waals surface area contributed by atoms with Crippen molar-refractivity contribution in [1.29, 1.82) is 0 Å². The standard InChI is InChI=1S/C27H27N7O2/c1-4-26(35)30-22-16-23(25(36-3)15-19(22)18-9-13-33(2)14-10-18)32-27-28-11-8-21(31-27)20-17-29-34-12-6-5-7-24(20)34/h4-9,11-12,15-17H,1,10,13-14H2,2-3H3,(H,30,35)(H,28,31,32). The lowest BCUT2D eigenvalue weighted by molar-refractivity contribution is -0.111. The molecule has 4 heterocycles. The first-order chi connectivity index (χ1) is 17.6. The molecular formula is C27H27N7O2. The lowest BCUT2D eigenvalue weighted by Gasteiger charge is -2.24. The number of likely N-dealkylation sites (N-methyl/N-ethyl adjacent to an activating group) is 1. The van der Waals surface area contributed by atoms with Crippen LogP contribution in [0.25, 0.3) is 22.3 Å². The molecule has 9 heteroatoms. The van der Waals surface area contributed by atoms with Gasteiger partial charge in [0.05, 0.1) is 35.9 Å². The van der Waals surface area contributed by atoms with Gasteiger partial charge in [0, 0.05) is 36.6 Å². The minimum Gasteiger partial charge on any atom is -0.495 e. The molecule has 0 aliphatic carbocycles. The van der Waals surface area contributed by atoms with Crippen molar-refractivity contribution in [3.63, 3.8) is 0 Å². The second-order valence-electron chi connectivity index (χ2n) is 8.51. The summed E-state index contributed by atoms with van der Waals surface area (Å²) in [4.78, 5) is 23.6. The Morgan fingerprint density at radius 2 is 2.08 bits per heavy atom. The van der Waals surface area contributed by atoms with Crippen LogP contribution < -0.4 is 15.4 Å². The number of ether oxygens (including phenoxy) is 1. The van der Waals surface area contributed by atoms with Crippen LogP contribution in [0.15, 0.2) is 73.7 Å². The van der Waals surface area contributed by atoms with E-state index in [2.05, 4.69) is 45.3 Å². The summed E-state index contributed by atoms with van der Waals surface area (Å²) in [5, 5.41) is 10.6. The van der Waals surface area contributed by atoms with E-state index < -0.39 is 0 Å². The lowest BCUT2D eigenvalue weighted by Crippen LogP contribution is -2.24. The van der Waals surface area contributed by atoms with Gasteiger partial charge in [-0.1, -0.05) is 18.7 Å². The van der Waals surface area contributed by atoms with Crippen molar-refractivity contribution in [2.75, 3.05) is 37.9 Å². The highest BCUT2D eigenvalue weighted by Crippen LogP contribution is 2.38. The Morgan fingerprint density at radius 1 is 1.19 bits per heavy atom. The number of anilines is 3. The Labute approximate surface area is 209 Å². The van der Waals surface area contributed by atoms with Gasteiger partial charge in [0.1, 0.15) is 5.75 Å². The van der Waals surface area contributed by atoms with E-state index in [0.29, 0.717) is 23.1 Å². The third-order valence-electron chi connectivity index (χ3n) is 6.15. The molecule has 5 rings (SSSR count). The minimum atomic E-state index is -0.285. The Hall–Kier alpha value is -4.50. The predicted molar refractivity (Wildman–Crippen MR) is 141 cm³/mol. The molecule has 0 saturated heterocycles. The predicted octanol–water partition coefficient (Wildman–Crippen LogP) is 4.39. The number of benzene rings is 1. The van der Waals surface area contributed by atoms with Gasteiger partial charge < -0.3 is 20.3 Å². The number of nitrogens with zero attached hydrogens (tertiary/aromatic N) is 5. The molecule has 1 aromatic carbocycles. The highest BCUT2D eigenvalue weighted by molar-refractivity contribution is 6.02. The molecule has 1 aliphatic rings. The molecule has 0 unspecified atom stereocenters. The molecule has 0 atom stereocenters. The molecule has 0 saturated carbocycles. The minimum absolute atomic E-state index is 0.285. The van der Waals surface area contributed by atoms with Gasteiger partial charge in [-0.3, -0.25) is 4.79 Å². The summed E-state index contributed by atoms with van der Waals surface area (Å²) in [6, 6.07) is 11.5. The molecule has 2 N–H and O–H groups in total. The van der Waals surface area contributed by atoms with Crippen LogP contribution in [0.3, 0.4) is 0 Å². The van der Waals surface area contributed by atoms with Gasteiger partial charge in [-0.15, -0.1) is 0 Å². The van der Waals surface area contributed by atoms with E-state index in [0.717, 1.165) is 47.4 Å². The monoisotopic (exact) mass is 481 g/mol. The molecule has 9 nitrogen and oxygen atoms in total. The first kappa shape index (κ1) is 23.3. The maximum absolute atomic E-state index is 12.2. The molecule has 0 bridgehead atoms. The van der Waals surface area contributed by atoms with Crippen molar-refractivity contribution in [2.24, 2.45) is 0 Å². The average Bonchev–Trinajstić information content (AvgIpc) is 3.34. The molecule has 0 radical (unpaired) electrons. The van der Waals surface area contributed by atoms with E-state index in [9.17, 15) is 4.79 Å². The van der Waals surface area contributed by atoms with E-state index in [4.69, 9.17) is 9.72 Å². The summed E-state index contributed by atoms with van der Waals surface area (Å²) in [5.74, 6) is 0.729. The molecule has 36 heavy (non-hydrogen) atoms. The number of hydrogen-bond acceptors (Lipinski definition) is 7. The number of rotatable bonds is 7. The second-order valence-corrected chi connectivity index (χ2v) is 8.51. The molecule has 0 fully saturated rings. The van der Waals surface area contributed by atoms with E-state index in [1.807, 2.05) is 42.6 Å². The van der Waals surface area contributed by atoms with Crippen molar-refractivity contribution >= 4 is 34.3 Å². The van der Waals surface area contributed by atoms with Gasteiger partial charge in [-0.05, 0) is 55.4 Å². The van der Waals surface area contributed by atoms with Crippen LogP contribution in [0, 0.1) is 0 Å². The topological polar surface area (TPSA) is 96.7 Å². The molecule has 182 valence electrons. The molecule has 4 aromatic rings. The SMILES string of the molecule is C=CC(=O)Nc1cc(Nc2nccc(-c3cnn4ccccc34)n2)c(OC)cc1C1=CCN(C)CC1. The van der Waals surface area contributed by atoms with Crippen molar-refractivity contribution in [2.45, 2.75) is 6.42 Å². The number of nitrogens with one attached hydrogen (secondary N) is 2. The van der Waals surface area contributed by atoms with Crippen LogP contribution in [0.1, 0.15) is 12.0 Å². The van der Waals surface area contributed by atoms with E-state index in [1.54, 1.807) is 24.0 Å². The fourth-order valence-electron chi connectivity index (χ4n) is 4.24. The number of carbonyl (C=O) groups is 1. The number of fused-ring (bicyclic) bond motifs is 1. The number of pyridine rings is 1. The quantitative estimate of drug-likeness (QED) is 0.378. The van der Waals surface area contributed by atoms with E-state index in [1.165, 1.54) is 6.08 Å². The first-order valence-corrected chi connectivity index (χ1v) is 11.6. The van der Waals surface area contributed by atoms with Crippen LogP contribution in [0.4, 0.5) is 17.3 Å². The van der Waals surface area contributed by atoms with Crippen molar-refractivity contribution in [3.8, 4) is 17.0 Å². The maximum Gasteiger partial charge on any atom is 0.247 e. The highest BCUT2D eigenvalue weighted by Gasteiger charge is 2.19. The zero-order valence-electron chi connectivity index (χ0n) is 20.2. The fourth-order valence-corrected chi connectivity index (χ4v) is 4.24. The van der Waals surface area contributed by atoms with Crippen LogP contribution >= 0.6 is 0 Å². The normalized spacial score (nSPS) is 13.8. The second kappa shape index (κ2) is 10.0. The lowest BCUT2D eigenvalue weighted by atomic mass is 9.97. The summed E-state index contributed by atoms with van der Waals surface area (Å²) < 4.78 is 7.52. The number of amides is 1. The number of methoxy groups -OCH3 is 1. The summed E-state index contributed by atoms with van der Waals surface area (Å²) >= 11 is 0. The Morgan fingerprint density at radius 3 is 2.86 bits per heavy atom. The van der Waals surface area contributed by atoms with Gasteiger partial charge in [-0.2, -0.15) is 5.10 Å². The summed E-state index contributed by atoms with van der Waals surface area (Å²) in [6.07, 6.45) is 9.68. The molecular weight excluding hydrogens is 454 g/mol. The van der Waals surface area contributed by atoms with Gasteiger partial charge in [0.15, 0.2) is 0 Å². The van der Waals surface area contributed by atoms with Crippen LogP contribution in [0.2, 0.25) is 0 Å². The summed E-state index contributed by atoms with van der Waals surface area (Å²) in [6.45, 7) is 5.37. The van der Waals surface area contributed by atoms with E-state index >= 15 is 0 Å². The third kappa shape index (κ3) is 4.69. The third-order valence-corrected chi connectivity index (χ3v) is 6.15. The fraction of sp³-hybridized carbons (Fsp3) is 0.185. The average molecular weight is 482 g/mol. The number of hydrogen-bond donors (Lipinski definition) is 2. The Kier molecular flexibility index (Phi) is 6.46. The van der Waals surface area contributed by atoms with Gasteiger partial charge in [-0.25, -0.2) is 14.5 Å². The van der Waals surface area contributed by atoms with Crippen LogP contribution in [-0.4, -0.2) is 57.6 Å². The maximum atomic E-state index is 12.2.